The minimum Gasteiger partial charge on any atom is -0.481 e. The van der Waals surface area contributed by atoms with Crippen molar-refractivity contribution in [2.24, 2.45) is 11.3 Å². The van der Waals surface area contributed by atoms with Gasteiger partial charge in [0, 0.05) is 68.4 Å². The van der Waals surface area contributed by atoms with Gasteiger partial charge < -0.3 is 24.9 Å². The molecule has 0 amide bonds. The van der Waals surface area contributed by atoms with Gasteiger partial charge in [0.05, 0.1) is 12.1 Å². The number of aliphatic hydroxyl groups excluding tert-OH is 1. The molecule has 2 fully saturated rings. The van der Waals surface area contributed by atoms with Gasteiger partial charge in [0.1, 0.15) is 6.33 Å². The molecular formula is C34H45N7O3. The molecule has 10 heteroatoms. The summed E-state index contributed by atoms with van der Waals surface area (Å²) in [5.74, 6) is 0.939. The van der Waals surface area contributed by atoms with Crippen molar-refractivity contribution in [2.75, 3.05) is 54.0 Å². The Morgan fingerprint density at radius 1 is 0.909 bits per heavy atom. The molecule has 2 N–H and O–H groups in total. The Balaban J connectivity index is 1.28. The Morgan fingerprint density at radius 2 is 1.61 bits per heavy atom. The van der Waals surface area contributed by atoms with Crippen molar-refractivity contribution in [3.05, 3.63) is 52.6 Å². The number of carboxylic acids is 1. The van der Waals surface area contributed by atoms with Crippen molar-refractivity contribution < 1.29 is 15.0 Å². The van der Waals surface area contributed by atoms with Crippen LogP contribution in [0.1, 0.15) is 67.6 Å². The minimum atomic E-state index is -0.829. The Morgan fingerprint density at radius 3 is 2.30 bits per heavy atom. The summed E-state index contributed by atoms with van der Waals surface area (Å²) in [6.07, 6.45) is 6.47. The van der Waals surface area contributed by atoms with E-state index in [4.69, 9.17) is 9.97 Å². The Hall–Kier alpha value is -3.79. The predicted octanol–water partition coefficient (Wildman–Crippen LogP) is 4.58. The first kappa shape index (κ1) is 30.2. The molecule has 0 radical (unpaired) electrons. The summed E-state index contributed by atoms with van der Waals surface area (Å²) in [6, 6.07) is 6.67. The fourth-order valence-corrected chi connectivity index (χ4v) is 7.04. The highest BCUT2D eigenvalue weighted by Crippen LogP contribution is 2.42. The number of fused-ring (bicyclic) bond motifs is 1. The largest absolute Gasteiger partial charge is 0.481 e. The van der Waals surface area contributed by atoms with Crippen molar-refractivity contribution in [1.82, 2.24) is 19.9 Å². The number of aromatic nitrogens is 4. The van der Waals surface area contributed by atoms with E-state index >= 15 is 0 Å². The van der Waals surface area contributed by atoms with Gasteiger partial charge >= 0.3 is 5.97 Å². The molecule has 0 aliphatic carbocycles. The highest BCUT2D eigenvalue weighted by atomic mass is 16.4. The monoisotopic (exact) mass is 599 g/mol. The molecule has 44 heavy (non-hydrogen) atoms. The zero-order chi connectivity index (χ0) is 31.0. The Labute approximate surface area is 260 Å². The lowest BCUT2D eigenvalue weighted by Crippen LogP contribution is -2.38. The number of rotatable bonds is 7. The number of aliphatic carboxylic acids is 1. The highest BCUT2D eigenvalue weighted by molar-refractivity contribution is 5.86. The second-order valence-corrected chi connectivity index (χ2v) is 13.6. The van der Waals surface area contributed by atoms with E-state index in [1.165, 1.54) is 11.1 Å². The van der Waals surface area contributed by atoms with Gasteiger partial charge in [-0.15, -0.1) is 0 Å². The summed E-state index contributed by atoms with van der Waals surface area (Å²) in [4.78, 5) is 37.5. The van der Waals surface area contributed by atoms with E-state index in [-0.39, 0.29) is 18.4 Å². The van der Waals surface area contributed by atoms with Gasteiger partial charge in [-0.2, -0.15) is 4.98 Å². The maximum Gasteiger partial charge on any atom is 0.307 e. The van der Waals surface area contributed by atoms with Crippen LogP contribution >= 0.6 is 0 Å². The Bertz CT molecular complexity index is 1520. The van der Waals surface area contributed by atoms with Gasteiger partial charge in [-0.3, -0.25) is 9.78 Å². The van der Waals surface area contributed by atoms with E-state index in [2.05, 4.69) is 63.6 Å². The molecule has 10 nitrogen and oxygen atoms in total. The summed E-state index contributed by atoms with van der Waals surface area (Å²) >= 11 is 0. The molecule has 0 unspecified atom stereocenters. The fourth-order valence-electron chi connectivity index (χ4n) is 7.04. The Kier molecular flexibility index (Phi) is 8.46. The second kappa shape index (κ2) is 12.3. The van der Waals surface area contributed by atoms with Crippen LogP contribution in [0.3, 0.4) is 0 Å². The van der Waals surface area contributed by atoms with Crippen LogP contribution in [-0.4, -0.2) is 75.4 Å². The van der Waals surface area contributed by atoms with Crippen molar-refractivity contribution in [3.8, 4) is 11.1 Å². The summed E-state index contributed by atoms with van der Waals surface area (Å²) in [5.41, 5.74) is 8.60. The molecule has 3 aliphatic heterocycles. The average Bonchev–Trinajstić information content (AvgIpc) is 3.02. The van der Waals surface area contributed by atoms with Gasteiger partial charge in [-0.25, -0.2) is 9.97 Å². The molecule has 0 spiro atoms. The van der Waals surface area contributed by atoms with Crippen molar-refractivity contribution >= 4 is 23.6 Å². The van der Waals surface area contributed by atoms with E-state index in [1.807, 2.05) is 6.92 Å². The van der Waals surface area contributed by atoms with E-state index in [1.54, 1.807) is 6.33 Å². The van der Waals surface area contributed by atoms with Gasteiger partial charge in [0.25, 0.3) is 0 Å². The maximum absolute atomic E-state index is 12.0. The van der Waals surface area contributed by atoms with Crippen molar-refractivity contribution in [1.29, 1.82) is 0 Å². The number of piperidine rings is 2. The number of pyridine rings is 1. The summed E-state index contributed by atoms with van der Waals surface area (Å²) in [7, 11) is 0. The van der Waals surface area contributed by atoms with Crippen LogP contribution in [0.2, 0.25) is 0 Å². The number of aryl methyl sites for hydroxylation is 2. The van der Waals surface area contributed by atoms with E-state index < -0.39 is 5.97 Å². The van der Waals surface area contributed by atoms with Crippen LogP contribution in [0.15, 0.2) is 24.5 Å². The van der Waals surface area contributed by atoms with Crippen LogP contribution in [-0.2, 0) is 24.2 Å². The zero-order valence-corrected chi connectivity index (χ0v) is 26.5. The first-order valence-electron chi connectivity index (χ1n) is 16.0. The molecule has 234 valence electrons. The molecule has 3 aromatic rings. The zero-order valence-electron chi connectivity index (χ0n) is 26.5. The first-order chi connectivity index (χ1) is 21.1. The van der Waals surface area contributed by atoms with Crippen LogP contribution in [0.25, 0.3) is 11.1 Å². The quantitative estimate of drug-likeness (QED) is 0.400. The SMILES string of the molecule is Cc1nc(C)c(-c2ccc3c(c2)CCN(c2ncnc(N4CCC(CO)CC4)n2)C3)c(N2CCC(C)(C)CC2)c1CC(=O)O. The topological polar surface area (TPSA) is 119 Å². The molecule has 0 saturated carbocycles. The lowest BCUT2D eigenvalue weighted by molar-refractivity contribution is -0.136. The van der Waals surface area contributed by atoms with Gasteiger partial charge in [-0.05, 0) is 74.0 Å². The van der Waals surface area contributed by atoms with Crippen molar-refractivity contribution in [2.45, 2.75) is 72.8 Å². The first-order valence-corrected chi connectivity index (χ1v) is 16.0. The number of nitrogens with zero attached hydrogens (tertiary/aromatic N) is 7. The van der Waals surface area contributed by atoms with Crippen LogP contribution < -0.4 is 14.7 Å². The summed E-state index contributed by atoms with van der Waals surface area (Å²) < 4.78 is 0. The molecule has 3 aliphatic rings. The molecule has 1 aromatic carbocycles. The summed E-state index contributed by atoms with van der Waals surface area (Å²) in [6.45, 7) is 13.9. The molecular weight excluding hydrogens is 554 g/mol. The number of hydrogen-bond donors (Lipinski definition) is 2. The van der Waals surface area contributed by atoms with E-state index in [0.717, 1.165) is 105 Å². The third-order valence-electron chi connectivity index (χ3n) is 9.91. The molecule has 0 atom stereocenters. The smallest absolute Gasteiger partial charge is 0.307 e. The average molecular weight is 600 g/mol. The lowest BCUT2D eigenvalue weighted by atomic mass is 9.82. The number of carbonyl (C=O) groups is 1. The van der Waals surface area contributed by atoms with Gasteiger partial charge in [-0.1, -0.05) is 32.0 Å². The number of anilines is 3. The second-order valence-electron chi connectivity index (χ2n) is 13.6. The maximum atomic E-state index is 12.0. The summed E-state index contributed by atoms with van der Waals surface area (Å²) in [5, 5.41) is 19.3. The molecule has 6 rings (SSSR count). The fraction of sp³-hybridized carbons (Fsp3) is 0.559. The number of benzene rings is 1. The van der Waals surface area contributed by atoms with Gasteiger partial charge in [0.15, 0.2) is 0 Å². The third kappa shape index (κ3) is 6.22. The lowest BCUT2D eigenvalue weighted by Gasteiger charge is -2.40. The van der Waals surface area contributed by atoms with E-state index in [0.29, 0.717) is 17.8 Å². The van der Waals surface area contributed by atoms with Crippen molar-refractivity contribution in [3.63, 3.8) is 0 Å². The van der Waals surface area contributed by atoms with Crippen LogP contribution in [0, 0.1) is 25.2 Å². The van der Waals surface area contributed by atoms with E-state index in [9.17, 15) is 15.0 Å². The normalized spacial score (nSPS) is 18.8. The predicted molar refractivity (Wildman–Crippen MR) is 172 cm³/mol. The van der Waals surface area contributed by atoms with Crippen LogP contribution in [0.5, 0.6) is 0 Å². The highest BCUT2D eigenvalue weighted by Gasteiger charge is 2.31. The third-order valence-corrected chi connectivity index (χ3v) is 9.91. The van der Waals surface area contributed by atoms with Gasteiger partial charge in [0.2, 0.25) is 11.9 Å². The minimum absolute atomic E-state index is 0.0331. The molecule has 5 heterocycles. The number of aliphatic hydroxyl groups is 1. The molecule has 0 bridgehead atoms. The number of hydrogen-bond acceptors (Lipinski definition) is 9. The standard InChI is InChI=1S/C34H45N7O3/c1-22-28(18-29(43)44)31(39-15-10-34(3,4)11-16-39)30(23(2)37-22)26-5-6-27-19-41(14-9-25(27)17-26)33-36-21-35-32(38-33)40-12-7-24(20-42)8-13-40/h5-6,17,21,24,42H,7-16,18-20H2,1-4H3,(H,43,44). The van der Waals surface area contributed by atoms with Crippen LogP contribution in [0.4, 0.5) is 17.6 Å². The molecule has 2 aromatic heterocycles. The molecule has 2 saturated heterocycles. The number of carboxylic acid groups (broad SMARTS) is 1.